The minimum Gasteiger partial charge on any atom is -0.349 e. The molecule has 4 nitrogen and oxygen atoms in total. The van der Waals surface area contributed by atoms with Gasteiger partial charge in [0.05, 0.1) is 6.04 Å². The summed E-state index contributed by atoms with van der Waals surface area (Å²) in [6.45, 7) is 4.51. The first kappa shape index (κ1) is 13.1. The van der Waals surface area contributed by atoms with Crippen LogP contribution in [0, 0.1) is 0 Å². The molecule has 0 spiro atoms. The van der Waals surface area contributed by atoms with Crippen LogP contribution >= 0.6 is 0 Å². The fourth-order valence-corrected chi connectivity index (χ4v) is 1.08. The van der Waals surface area contributed by atoms with Gasteiger partial charge in [0.1, 0.15) is 0 Å². The highest BCUT2D eigenvalue weighted by atomic mass is 16.2. The number of hydrogen-bond acceptors (Lipinski definition) is 3. The molecule has 0 fully saturated rings. The Balaban J connectivity index is 3.81. The lowest BCUT2D eigenvalue weighted by atomic mass is 10.1. The van der Waals surface area contributed by atoms with Gasteiger partial charge < -0.3 is 11.1 Å². The second kappa shape index (κ2) is 7.50. The van der Waals surface area contributed by atoms with Crippen molar-refractivity contribution in [3.05, 3.63) is 0 Å². The topological polar surface area (TPSA) is 72.2 Å². The molecule has 0 radical (unpaired) electrons. The molecule has 0 saturated heterocycles. The quantitative estimate of drug-likeness (QED) is 0.467. The van der Waals surface area contributed by atoms with Crippen LogP contribution in [0.15, 0.2) is 0 Å². The third kappa shape index (κ3) is 4.97. The van der Waals surface area contributed by atoms with Crippen LogP contribution in [0.1, 0.15) is 39.5 Å². The number of ketones is 1. The molecule has 0 aliphatic heterocycles. The van der Waals surface area contributed by atoms with Crippen molar-refractivity contribution < 1.29 is 9.59 Å². The Bertz CT molecular complexity index is 193. The molecule has 14 heavy (non-hydrogen) atoms. The van der Waals surface area contributed by atoms with Gasteiger partial charge in [-0.2, -0.15) is 0 Å². The zero-order valence-corrected chi connectivity index (χ0v) is 9.01. The fraction of sp³-hybridized carbons (Fsp3) is 0.800. The lowest BCUT2D eigenvalue weighted by molar-refractivity contribution is -0.138. The number of nitrogens with one attached hydrogen (secondary N) is 1. The molecule has 0 aromatic rings. The van der Waals surface area contributed by atoms with Crippen LogP contribution in [0.5, 0.6) is 0 Å². The van der Waals surface area contributed by atoms with Gasteiger partial charge in [-0.25, -0.2) is 0 Å². The lowest BCUT2D eigenvalue weighted by Crippen LogP contribution is -2.42. The Morgan fingerprint density at radius 1 is 1.29 bits per heavy atom. The van der Waals surface area contributed by atoms with Crippen LogP contribution in [-0.4, -0.2) is 24.3 Å². The molecule has 0 aromatic heterocycles. The van der Waals surface area contributed by atoms with Crippen LogP contribution in [0.2, 0.25) is 0 Å². The van der Waals surface area contributed by atoms with Gasteiger partial charge in [0.15, 0.2) is 0 Å². The molecule has 3 N–H and O–H groups in total. The molecule has 4 heteroatoms. The summed E-state index contributed by atoms with van der Waals surface area (Å²) < 4.78 is 0. The van der Waals surface area contributed by atoms with Gasteiger partial charge in [0.2, 0.25) is 5.78 Å². The maximum atomic E-state index is 11.3. The Morgan fingerprint density at radius 2 is 1.93 bits per heavy atom. The van der Waals surface area contributed by atoms with Gasteiger partial charge in [-0.15, -0.1) is 0 Å². The zero-order valence-electron chi connectivity index (χ0n) is 9.01. The number of carbonyl (C=O) groups is 2. The fourth-order valence-electron chi connectivity index (χ4n) is 1.08. The van der Waals surface area contributed by atoms with Gasteiger partial charge in [-0.3, -0.25) is 9.59 Å². The zero-order chi connectivity index (χ0) is 11.0. The smallest absolute Gasteiger partial charge is 0.289 e. The highest BCUT2D eigenvalue weighted by Gasteiger charge is 2.19. The van der Waals surface area contributed by atoms with E-state index in [1.165, 1.54) is 0 Å². The molecule has 0 heterocycles. The number of unbranched alkanes of at least 4 members (excludes halogenated alkanes) is 1. The summed E-state index contributed by atoms with van der Waals surface area (Å²) >= 11 is 0. The van der Waals surface area contributed by atoms with E-state index in [1.807, 2.05) is 13.8 Å². The molecule has 1 amide bonds. The molecule has 0 bridgehead atoms. The molecule has 0 unspecified atom stereocenters. The third-order valence-electron chi connectivity index (χ3n) is 1.98. The average Bonchev–Trinajstić information content (AvgIpc) is 2.17. The van der Waals surface area contributed by atoms with Crippen molar-refractivity contribution in [2.45, 2.75) is 45.6 Å². The van der Waals surface area contributed by atoms with Crippen LogP contribution in [-0.2, 0) is 9.59 Å². The molecular formula is C10H20N2O2. The summed E-state index contributed by atoms with van der Waals surface area (Å²) in [6.07, 6.45) is 3.27. The van der Waals surface area contributed by atoms with Crippen LogP contribution in [0.3, 0.4) is 0 Å². The van der Waals surface area contributed by atoms with E-state index in [-0.39, 0.29) is 0 Å². The minimum absolute atomic E-state index is 0.497. The van der Waals surface area contributed by atoms with Gasteiger partial charge in [0.25, 0.3) is 5.91 Å². The van der Waals surface area contributed by atoms with Crippen LogP contribution in [0.25, 0.3) is 0 Å². The van der Waals surface area contributed by atoms with E-state index in [9.17, 15) is 9.59 Å². The lowest BCUT2D eigenvalue weighted by Gasteiger charge is -2.08. The summed E-state index contributed by atoms with van der Waals surface area (Å²) in [5.74, 6) is -1.04. The molecule has 0 aromatic carbocycles. The van der Waals surface area contributed by atoms with Crippen molar-refractivity contribution >= 4 is 11.7 Å². The normalized spacial score (nSPS) is 12.2. The summed E-state index contributed by atoms with van der Waals surface area (Å²) in [6, 6.07) is -0.637. The summed E-state index contributed by atoms with van der Waals surface area (Å²) in [7, 11) is 0. The van der Waals surface area contributed by atoms with E-state index >= 15 is 0 Å². The van der Waals surface area contributed by atoms with Gasteiger partial charge in [0, 0.05) is 6.54 Å². The number of carbonyl (C=O) groups excluding carboxylic acids is 2. The number of Topliss-reactive ketones (excluding diaryl/α,β-unsaturated/α-hetero) is 1. The van der Waals surface area contributed by atoms with Crippen LogP contribution in [0.4, 0.5) is 0 Å². The first-order valence-electron chi connectivity index (χ1n) is 5.21. The van der Waals surface area contributed by atoms with Crippen molar-refractivity contribution in [3.63, 3.8) is 0 Å². The molecule has 0 aliphatic carbocycles. The summed E-state index contributed by atoms with van der Waals surface area (Å²) in [5.41, 5.74) is 5.52. The molecule has 82 valence electrons. The van der Waals surface area contributed by atoms with E-state index in [2.05, 4.69) is 5.32 Å². The molecule has 0 aliphatic rings. The maximum Gasteiger partial charge on any atom is 0.289 e. The highest BCUT2D eigenvalue weighted by Crippen LogP contribution is 1.95. The van der Waals surface area contributed by atoms with Crippen LogP contribution < -0.4 is 11.1 Å². The maximum absolute atomic E-state index is 11.3. The standard InChI is InChI=1S/C10H20N2O2/c1-3-5-7-12-10(14)9(13)8(11)6-4-2/h8H,3-7,11H2,1-2H3,(H,12,14)/t8-/m0/s1. The van der Waals surface area contributed by atoms with Crippen molar-refractivity contribution in [1.29, 1.82) is 0 Å². The second-order valence-electron chi connectivity index (χ2n) is 3.37. The first-order chi connectivity index (χ1) is 6.63. The Morgan fingerprint density at radius 3 is 2.43 bits per heavy atom. The largest absolute Gasteiger partial charge is 0.349 e. The van der Waals surface area contributed by atoms with E-state index in [0.717, 1.165) is 19.3 Å². The van der Waals surface area contributed by atoms with E-state index < -0.39 is 17.7 Å². The Kier molecular flexibility index (Phi) is 7.02. The minimum atomic E-state index is -0.637. The summed E-state index contributed by atoms with van der Waals surface area (Å²) in [4.78, 5) is 22.5. The van der Waals surface area contributed by atoms with Crippen molar-refractivity contribution in [2.75, 3.05) is 6.54 Å². The monoisotopic (exact) mass is 200 g/mol. The van der Waals surface area contributed by atoms with Crippen molar-refractivity contribution in [1.82, 2.24) is 5.32 Å². The predicted octanol–water partition coefficient (Wildman–Crippen LogP) is 0.599. The average molecular weight is 200 g/mol. The Labute approximate surface area is 85.2 Å². The van der Waals surface area contributed by atoms with Gasteiger partial charge in [-0.05, 0) is 12.8 Å². The number of rotatable bonds is 7. The highest BCUT2D eigenvalue weighted by molar-refractivity contribution is 6.38. The molecule has 1 atom stereocenters. The molecule has 0 saturated carbocycles. The van der Waals surface area contributed by atoms with Crippen molar-refractivity contribution in [3.8, 4) is 0 Å². The Hall–Kier alpha value is -0.900. The second-order valence-corrected chi connectivity index (χ2v) is 3.37. The number of nitrogens with two attached hydrogens (primary N) is 1. The first-order valence-corrected chi connectivity index (χ1v) is 5.21. The predicted molar refractivity (Wildman–Crippen MR) is 55.8 cm³/mol. The van der Waals surface area contributed by atoms with E-state index in [1.54, 1.807) is 0 Å². The molecule has 0 rings (SSSR count). The van der Waals surface area contributed by atoms with E-state index in [4.69, 9.17) is 5.73 Å². The van der Waals surface area contributed by atoms with Gasteiger partial charge >= 0.3 is 0 Å². The third-order valence-corrected chi connectivity index (χ3v) is 1.98. The van der Waals surface area contributed by atoms with Gasteiger partial charge in [-0.1, -0.05) is 26.7 Å². The number of amides is 1. The van der Waals surface area contributed by atoms with Crippen molar-refractivity contribution in [2.24, 2.45) is 5.73 Å². The summed E-state index contributed by atoms with van der Waals surface area (Å²) in [5, 5.41) is 2.55. The van der Waals surface area contributed by atoms with E-state index in [0.29, 0.717) is 13.0 Å². The number of hydrogen-bond donors (Lipinski definition) is 2. The molecular weight excluding hydrogens is 180 g/mol. The SMILES string of the molecule is CCCCNC(=O)C(=O)[C@@H](N)CCC.